The Morgan fingerprint density at radius 3 is 1.63 bits per heavy atom. The zero-order valence-electron chi connectivity index (χ0n) is 31.8. The Morgan fingerprint density at radius 2 is 1.20 bits per heavy atom. The number of esters is 3. The maximum Gasteiger partial charge on any atom is 0.460 e. The number of amides is 3. The Labute approximate surface area is 330 Å². The Balaban J connectivity index is 0.000000323. The van der Waals surface area contributed by atoms with Gasteiger partial charge < -0.3 is 30.2 Å². The van der Waals surface area contributed by atoms with E-state index in [4.69, 9.17) is 9.47 Å². The van der Waals surface area contributed by atoms with Gasteiger partial charge in [-0.25, -0.2) is 14.4 Å². The van der Waals surface area contributed by atoms with Crippen molar-refractivity contribution in [3.63, 3.8) is 0 Å². The summed E-state index contributed by atoms with van der Waals surface area (Å²) in [5, 5.41) is 6.83. The van der Waals surface area contributed by atoms with Gasteiger partial charge in [-0.15, -0.1) is 13.2 Å². The van der Waals surface area contributed by atoms with Gasteiger partial charge in [0.05, 0.1) is 19.6 Å². The summed E-state index contributed by atoms with van der Waals surface area (Å²) in [5.74, 6) is -32.3. The highest BCUT2D eigenvalue weighted by Gasteiger charge is 2.87. The third-order valence-electron chi connectivity index (χ3n) is 8.69. The fourth-order valence-corrected chi connectivity index (χ4v) is 5.44. The van der Waals surface area contributed by atoms with Crippen LogP contribution in [0.1, 0.15) is 58.8 Å². The largest absolute Gasteiger partial charge is 0.464 e. The molecule has 3 aliphatic heterocycles. The van der Waals surface area contributed by atoms with Crippen LogP contribution in [0.5, 0.6) is 0 Å². The first kappa shape index (κ1) is 50.6. The number of nitrogens with zero attached hydrogens (tertiary/aromatic N) is 1. The molecule has 0 aromatic heterocycles. The Hall–Kier alpha value is -4.51. The summed E-state index contributed by atoms with van der Waals surface area (Å²) in [4.78, 5) is 69.9. The topological polar surface area (TPSA) is 169 Å². The molecule has 24 heteroatoms. The standard InChI is InChI=1S/C16H26N2O3.C11H8F11NO3.C8H11NO3/c1-5-7-18(8-6-2)11-13-10-14(16(20)21-13)17-15(19)9-12(3)4;12-7(13,3-5(24)23-4-1-2-26-6(4)25)8(14,15)9(16,17)10(18,19)11(20,21)22;10-7(5-1-2-5)9-6-3-4-12-8(6)11/h5-6,12-14H,1-2,7-11H2,3-4H3,(H,17,19);4H,1-3H2,(H,23,24);5-6H,1-4H2,(H,9,10)/t13-,14-;4-;6-/m000/s1. The molecule has 1 saturated carbocycles. The maximum absolute atomic E-state index is 13.3. The minimum atomic E-state index is -7.58. The molecular formula is C35H45F11N4O9. The van der Waals surface area contributed by atoms with Gasteiger partial charge >= 0.3 is 47.8 Å². The van der Waals surface area contributed by atoms with Crippen molar-refractivity contribution < 1.29 is 91.3 Å². The number of carbonyl (C=O) groups is 6. The Morgan fingerprint density at radius 1 is 0.712 bits per heavy atom. The van der Waals surface area contributed by atoms with E-state index < -0.39 is 60.2 Å². The molecule has 0 aromatic rings. The number of ether oxygens (including phenoxy) is 3. The van der Waals surface area contributed by atoms with Gasteiger partial charge in [0.2, 0.25) is 17.7 Å². The van der Waals surface area contributed by atoms with Gasteiger partial charge in [-0.05, 0) is 18.8 Å². The third kappa shape index (κ3) is 13.8. The van der Waals surface area contributed by atoms with Crippen molar-refractivity contribution in [1.29, 1.82) is 0 Å². The third-order valence-corrected chi connectivity index (χ3v) is 8.69. The average molecular weight is 875 g/mol. The number of hydrogen-bond acceptors (Lipinski definition) is 10. The van der Waals surface area contributed by atoms with E-state index in [1.807, 2.05) is 26.0 Å². The molecular weight excluding hydrogens is 829 g/mol. The van der Waals surface area contributed by atoms with Gasteiger partial charge in [0, 0.05) is 51.2 Å². The lowest BCUT2D eigenvalue weighted by Crippen LogP contribution is -2.66. The molecule has 0 bridgehead atoms. The van der Waals surface area contributed by atoms with Crippen molar-refractivity contribution in [2.24, 2.45) is 11.8 Å². The van der Waals surface area contributed by atoms with E-state index in [1.54, 1.807) is 0 Å². The van der Waals surface area contributed by atoms with Gasteiger partial charge in [-0.3, -0.25) is 19.3 Å². The van der Waals surface area contributed by atoms with E-state index in [0.29, 0.717) is 45.5 Å². The van der Waals surface area contributed by atoms with Crippen LogP contribution in [0, 0.1) is 11.8 Å². The SMILES string of the molecule is C=CCN(CC=C)C[C@@H]1C[C@H](NC(=O)CC(C)C)C(=O)O1.O=C(CC(F)(F)C(F)(F)C(F)(F)C(F)(F)C(F)(F)F)N[C@H]1CCOC1=O.O=C(N[C@H]1CCOC1=O)C1CC1. The number of nitrogens with one attached hydrogen (secondary N) is 3. The van der Waals surface area contributed by atoms with Crippen LogP contribution in [0.25, 0.3) is 0 Å². The van der Waals surface area contributed by atoms with Crippen LogP contribution in [0.2, 0.25) is 0 Å². The predicted octanol–water partition coefficient (Wildman–Crippen LogP) is 4.25. The molecule has 13 nitrogen and oxygen atoms in total. The maximum atomic E-state index is 13.3. The molecule has 4 fully saturated rings. The lowest BCUT2D eigenvalue weighted by Gasteiger charge is -2.37. The molecule has 3 heterocycles. The first-order chi connectivity index (χ1) is 27.1. The lowest BCUT2D eigenvalue weighted by atomic mass is 9.96. The second-order valence-electron chi connectivity index (χ2n) is 14.3. The van der Waals surface area contributed by atoms with Crippen molar-refractivity contribution in [2.75, 3.05) is 32.8 Å². The fourth-order valence-electron chi connectivity index (χ4n) is 5.44. The van der Waals surface area contributed by atoms with Crippen LogP contribution in [0.4, 0.5) is 48.3 Å². The first-order valence-corrected chi connectivity index (χ1v) is 18.1. The summed E-state index contributed by atoms with van der Waals surface area (Å²) < 4.78 is 154. The summed E-state index contributed by atoms with van der Waals surface area (Å²) >= 11 is 0. The average Bonchev–Trinajstić information content (AvgIpc) is 3.65. The summed E-state index contributed by atoms with van der Waals surface area (Å²) in [7, 11) is 0. The minimum Gasteiger partial charge on any atom is -0.464 e. The van der Waals surface area contributed by atoms with Crippen LogP contribution in [-0.2, 0) is 43.0 Å². The van der Waals surface area contributed by atoms with Gasteiger partial charge in [0.15, 0.2) is 0 Å². The van der Waals surface area contributed by atoms with Gasteiger partial charge in [0.25, 0.3) is 0 Å². The minimum absolute atomic E-state index is 0.0128. The molecule has 4 atom stereocenters. The number of cyclic esters (lactones) is 3. The Kier molecular flexibility index (Phi) is 17.7. The molecule has 3 saturated heterocycles. The molecule has 3 amide bonds. The quantitative estimate of drug-likeness (QED) is 0.0832. The fraction of sp³-hybridized carbons (Fsp3) is 0.714. The molecule has 59 heavy (non-hydrogen) atoms. The second kappa shape index (κ2) is 20.6. The van der Waals surface area contributed by atoms with Gasteiger partial charge in [-0.1, -0.05) is 26.0 Å². The van der Waals surface area contributed by atoms with E-state index in [-0.39, 0.29) is 60.8 Å². The first-order valence-electron chi connectivity index (χ1n) is 18.1. The predicted molar refractivity (Wildman–Crippen MR) is 181 cm³/mol. The molecule has 4 aliphatic rings. The van der Waals surface area contributed by atoms with Crippen molar-refractivity contribution >= 4 is 35.6 Å². The summed E-state index contributed by atoms with van der Waals surface area (Å²) in [5.41, 5.74) is 0. The zero-order chi connectivity index (χ0) is 45.1. The van der Waals surface area contributed by atoms with Crippen LogP contribution in [0.3, 0.4) is 0 Å². The van der Waals surface area contributed by atoms with Crippen LogP contribution >= 0.6 is 0 Å². The van der Waals surface area contributed by atoms with E-state index in [0.717, 1.165) is 12.8 Å². The zero-order valence-corrected chi connectivity index (χ0v) is 31.8. The molecule has 0 aromatic carbocycles. The van der Waals surface area contributed by atoms with Crippen LogP contribution in [0.15, 0.2) is 25.3 Å². The number of alkyl halides is 11. The number of rotatable bonds is 17. The summed E-state index contributed by atoms with van der Waals surface area (Å²) in [6.07, 6.45) is -3.51. The Bertz CT molecular complexity index is 1530. The van der Waals surface area contributed by atoms with E-state index in [9.17, 15) is 77.1 Å². The van der Waals surface area contributed by atoms with Crippen molar-refractivity contribution in [2.45, 2.75) is 113 Å². The number of halogens is 11. The van der Waals surface area contributed by atoms with Crippen molar-refractivity contribution in [3.05, 3.63) is 25.3 Å². The molecule has 0 spiro atoms. The van der Waals surface area contributed by atoms with Gasteiger partial charge in [-0.2, -0.15) is 48.3 Å². The monoisotopic (exact) mass is 874 g/mol. The van der Waals surface area contributed by atoms with Crippen molar-refractivity contribution in [3.8, 4) is 0 Å². The highest BCUT2D eigenvalue weighted by atomic mass is 19.4. The molecule has 336 valence electrons. The lowest BCUT2D eigenvalue weighted by molar-refractivity contribution is -0.421. The van der Waals surface area contributed by atoms with Crippen molar-refractivity contribution in [1.82, 2.24) is 20.9 Å². The number of hydrogen-bond donors (Lipinski definition) is 3. The molecule has 0 unspecified atom stereocenters. The van der Waals surface area contributed by atoms with E-state index in [2.05, 4.69) is 33.4 Å². The smallest absolute Gasteiger partial charge is 0.460 e. The molecule has 4 rings (SSSR count). The summed E-state index contributed by atoms with van der Waals surface area (Å²) in [6.45, 7) is 13.6. The van der Waals surface area contributed by atoms with Crippen LogP contribution < -0.4 is 16.0 Å². The second-order valence-corrected chi connectivity index (χ2v) is 14.3. The van der Waals surface area contributed by atoms with Gasteiger partial charge in [0.1, 0.15) is 24.2 Å². The molecule has 3 N–H and O–H groups in total. The number of carbonyl (C=O) groups excluding carboxylic acids is 6. The van der Waals surface area contributed by atoms with E-state index in [1.165, 1.54) is 5.32 Å². The summed E-state index contributed by atoms with van der Waals surface area (Å²) in [6, 6.07) is -2.47. The molecule has 1 aliphatic carbocycles. The normalized spacial score (nSPS) is 22.3. The van der Waals surface area contributed by atoms with Crippen LogP contribution in [-0.4, -0.2) is 127 Å². The highest BCUT2D eigenvalue weighted by molar-refractivity contribution is 5.88. The molecule has 0 radical (unpaired) electrons. The highest BCUT2D eigenvalue weighted by Crippen LogP contribution is 2.58. The van der Waals surface area contributed by atoms with E-state index >= 15 is 0 Å².